The molecular formula is C10H6ClFN4O2S. The normalized spacial score (nSPS) is 12.1. The molecule has 2 aromatic heterocycles. The molecule has 0 radical (unpaired) electrons. The maximum Gasteiger partial charge on any atom is 0.263 e. The van der Waals surface area contributed by atoms with Crippen LogP contribution in [0.25, 0.3) is 16.6 Å². The second-order valence-corrected chi connectivity index (χ2v) is 6.26. The van der Waals surface area contributed by atoms with Crippen molar-refractivity contribution in [1.82, 2.24) is 20.0 Å². The van der Waals surface area contributed by atoms with E-state index in [-0.39, 0.29) is 21.5 Å². The third-order valence-electron chi connectivity index (χ3n) is 2.62. The van der Waals surface area contributed by atoms with Gasteiger partial charge < -0.3 is 4.98 Å². The standard InChI is InChI=1S/C10H6ClFN4O2S/c11-19(17,18)8-5-13-9-6(8)1-2-7(12)10(9)16-14-3-4-15-16/h1-5,13H. The molecule has 0 aliphatic rings. The van der Waals surface area contributed by atoms with Crippen LogP contribution >= 0.6 is 10.7 Å². The number of hydrogen-bond acceptors (Lipinski definition) is 4. The summed E-state index contributed by atoms with van der Waals surface area (Å²) in [6.45, 7) is 0. The summed E-state index contributed by atoms with van der Waals surface area (Å²) in [6, 6.07) is 2.48. The molecule has 3 rings (SSSR count). The molecule has 0 bridgehead atoms. The maximum absolute atomic E-state index is 13.9. The van der Waals surface area contributed by atoms with Crippen molar-refractivity contribution in [2.24, 2.45) is 0 Å². The van der Waals surface area contributed by atoms with Gasteiger partial charge in [-0.2, -0.15) is 10.2 Å². The molecule has 0 aliphatic heterocycles. The van der Waals surface area contributed by atoms with Gasteiger partial charge in [-0.1, -0.05) is 0 Å². The first kappa shape index (κ1) is 12.1. The van der Waals surface area contributed by atoms with Crippen LogP contribution in [-0.4, -0.2) is 28.4 Å². The minimum Gasteiger partial charge on any atom is -0.358 e. The van der Waals surface area contributed by atoms with Crippen molar-refractivity contribution < 1.29 is 12.8 Å². The van der Waals surface area contributed by atoms with E-state index in [1.54, 1.807) is 0 Å². The molecule has 0 amide bonds. The Labute approximate surface area is 111 Å². The Balaban J connectivity index is 2.41. The molecule has 0 saturated heterocycles. The largest absolute Gasteiger partial charge is 0.358 e. The lowest BCUT2D eigenvalue weighted by Gasteiger charge is -2.03. The molecule has 0 unspecified atom stereocenters. The number of rotatable bonds is 2. The summed E-state index contributed by atoms with van der Waals surface area (Å²) in [4.78, 5) is 3.64. The van der Waals surface area contributed by atoms with Crippen molar-refractivity contribution in [2.75, 3.05) is 0 Å². The van der Waals surface area contributed by atoms with E-state index in [0.717, 1.165) is 10.9 Å². The molecule has 19 heavy (non-hydrogen) atoms. The zero-order valence-corrected chi connectivity index (χ0v) is 10.8. The molecule has 0 aliphatic carbocycles. The third kappa shape index (κ3) is 1.89. The summed E-state index contributed by atoms with van der Waals surface area (Å²) in [5, 5.41) is 7.95. The van der Waals surface area contributed by atoms with E-state index >= 15 is 0 Å². The average molecular weight is 301 g/mol. The zero-order valence-electron chi connectivity index (χ0n) is 9.21. The molecule has 3 aromatic rings. The van der Waals surface area contributed by atoms with Gasteiger partial charge in [-0.05, 0) is 12.1 Å². The Morgan fingerprint density at radius 1 is 1.26 bits per heavy atom. The number of benzene rings is 1. The summed E-state index contributed by atoms with van der Waals surface area (Å²) < 4.78 is 36.7. The van der Waals surface area contributed by atoms with Crippen LogP contribution in [0, 0.1) is 5.82 Å². The lowest BCUT2D eigenvalue weighted by atomic mass is 10.2. The first-order valence-electron chi connectivity index (χ1n) is 5.09. The minimum absolute atomic E-state index is 0.0362. The molecule has 2 heterocycles. The number of nitrogens with zero attached hydrogens (tertiary/aromatic N) is 3. The van der Waals surface area contributed by atoms with Crippen molar-refractivity contribution in [3.8, 4) is 5.69 Å². The van der Waals surface area contributed by atoms with Gasteiger partial charge in [0.15, 0.2) is 5.82 Å². The molecule has 6 nitrogen and oxygen atoms in total. The second-order valence-electron chi connectivity index (χ2n) is 3.73. The van der Waals surface area contributed by atoms with E-state index < -0.39 is 14.9 Å². The topological polar surface area (TPSA) is 80.6 Å². The molecule has 0 fully saturated rings. The molecule has 0 spiro atoms. The monoisotopic (exact) mass is 300 g/mol. The highest BCUT2D eigenvalue weighted by molar-refractivity contribution is 8.14. The van der Waals surface area contributed by atoms with Crippen LogP contribution in [0.5, 0.6) is 0 Å². The van der Waals surface area contributed by atoms with Gasteiger partial charge in [-0.3, -0.25) is 0 Å². The average Bonchev–Trinajstić information content (AvgIpc) is 2.94. The van der Waals surface area contributed by atoms with Gasteiger partial charge in [0, 0.05) is 22.3 Å². The third-order valence-corrected chi connectivity index (χ3v) is 3.99. The van der Waals surface area contributed by atoms with Crippen LogP contribution in [-0.2, 0) is 9.05 Å². The second kappa shape index (κ2) is 4.04. The molecule has 98 valence electrons. The first-order valence-corrected chi connectivity index (χ1v) is 7.40. The van der Waals surface area contributed by atoms with Gasteiger partial charge >= 0.3 is 0 Å². The SMILES string of the molecule is O=S(=O)(Cl)c1c[nH]c2c(-n3nccn3)c(F)ccc12. The lowest BCUT2D eigenvalue weighted by molar-refractivity contribution is 0.599. The van der Waals surface area contributed by atoms with Crippen molar-refractivity contribution in [2.45, 2.75) is 4.90 Å². The Bertz CT molecular complexity index is 857. The molecule has 0 saturated carbocycles. The van der Waals surface area contributed by atoms with E-state index in [1.807, 2.05) is 0 Å². The fourth-order valence-corrected chi connectivity index (χ4v) is 2.88. The summed E-state index contributed by atoms with van der Waals surface area (Å²) in [7, 11) is 1.40. The Kier molecular flexibility index (Phi) is 2.58. The van der Waals surface area contributed by atoms with E-state index in [1.165, 1.54) is 24.7 Å². The Hall–Kier alpha value is -1.93. The van der Waals surface area contributed by atoms with E-state index in [0.29, 0.717) is 0 Å². The molecule has 0 atom stereocenters. The lowest BCUT2D eigenvalue weighted by Crippen LogP contribution is -2.02. The number of halogens is 2. The maximum atomic E-state index is 13.9. The molecule has 9 heteroatoms. The summed E-state index contributed by atoms with van der Waals surface area (Å²) in [5.41, 5.74) is 0.296. The summed E-state index contributed by atoms with van der Waals surface area (Å²) >= 11 is 0. The highest BCUT2D eigenvalue weighted by atomic mass is 35.7. The predicted molar refractivity (Wildman–Crippen MR) is 66.2 cm³/mol. The Morgan fingerprint density at radius 3 is 2.58 bits per heavy atom. The number of aromatic nitrogens is 4. The first-order chi connectivity index (χ1) is 8.98. The van der Waals surface area contributed by atoms with Crippen molar-refractivity contribution >= 4 is 30.6 Å². The molecular weight excluding hydrogens is 295 g/mol. The van der Waals surface area contributed by atoms with Gasteiger partial charge in [0.1, 0.15) is 10.6 Å². The molecule has 1 N–H and O–H groups in total. The van der Waals surface area contributed by atoms with Crippen LogP contribution in [0.1, 0.15) is 0 Å². The summed E-state index contributed by atoms with van der Waals surface area (Å²) in [5.74, 6) is -0.580. The highest BCUT2D eigenvalue weighted by Gasteiger charge is 2.20. The van der Waals surface area contributed by atoms with Crippen LogP contribution in [0.2, 0.25) is 0 Å². The van der Waals surface area contributed by atoms with Gasteiger partial charge in [-0.25, -0.2) is 12.8 Å². The van der Waals surface area contributed by atoms with Crippen LogP contribution in [0.4, 0.5) is 4.39 Å². The molecule has 1 aromatic carbocycles. The van der Waals surface area contributed by atoms with Gasteiger partial charge in [0.05, 0.1) is 17.9 Å². The van der Waals surface area contributed by atoms with Gasteiger partial charge in [0.2, 0.25) is 0 Å². The quantitative estimate of drug-likeness (QED) is 0.732. The van der Waals surface area contributed by atoms with E-state index in [2.05, 4.69) is 15.2 Å². The smallest absolute Gasteiger partial charge is 0.263 e. The number of fused-ring (bicyclic) bond motifs is 1. The highest BCUT2D eigenvalue weighted by Crippen LogP contribution is 2.30. The van der Waals surface area contributed by atoms with Crippen LogP contribution in [0.3, 0.4) is 0 Å². The Morgan fingerprint density at radius 2 is 1.95 bits per heavy atom. The number of H-pyrrole nitrogens is 1. The fourth-order valence-electron chi connectivity index (χ4n) is 1.86. The van der Waals surface area contributed by atoms with Gasteiger partial charge in [-0.15, -0.1) is 4.80 Å². The van der Waals surface area contributed by atoms with Gasteiger partial charge in [0.25, 0.3) is 9.05 Å². The number of aromatic amines is 1. The zero-order chi connectivity index (χ0) is 13.6. The number of nitrogens with one attached hydrogen (secondary N) is 1. The summed E-state index contributed by atoms with van der Waals surface area (Å²) in [6.07, 6.45) is 3.99. The van der Waals surface area contributed by atoms with Crippen molar-refractivity contribution in [3.05, 3.63) is 36.5 Å². The fraction of sp³-hybridized carbons (Fsp3) is 0. The predicted octanol–water partition coefficient (Wildman–Crippen LogP) is 1.82. The van der Waals surface area contributed by atoms with E-state index in [4.69, 9.17) is 10.7 Å². The number of hydrogen-bond donors (Lipinski definition) is 1. The van der Waals surface area contributed by atoms with E-state index in [9.17, 15) is 12.8 Å². The van der Waals surface area contributed by atoms with Crippen LogP contribution in [0.15, 0.2) is 35.6 Å². The van der Waals surface area contributed by atoms with Crippen molar-refractivity contribution in [1.29, 1.82) is 0 Å². The van der Waals surface area contributed by atoms with Crippen molar-refractivity contribution in [3.63, 3.8) is 0 Å². The van der Waals surface area contributed by atoms with Crippen LogP contribution < -0.4 is 0 Å². The minimum atomic E-state index is -3.92.